The van der Waals surface area contributed by atoms with Crippen LogP contribution >= 0.6 is 0 Å². The number of para-hydroxylation sites is 1. The molecule has 2 rings (SSSR count). The zero-order chi connectivity index (χ0) is 17.5. The Hall–Kier alpha value is -1.96. The van der Waals surface area contributed by atoms with Gasteiger partial charge in [-0.15, -0.1) is 0 Å². The first-order chi connectivity index (χ1) is 11.5. The van der Waals surface area contributed by atoms with Crippen LogP contribution in [0.2, 0.25) is 0 Å². The first kappa shape index (κ1) is 18.4. The van der Waals surface area contributed by atoms with E-state index in [1.54, 1.807) is 0 Å². The molecule has 2 heteroatoms. The molecule has 0 amide bonds. The van der Waals surface area contributed by atoms with E-state index in [0.717, 1.165) is 25.1 Å². The molecule has 0 spiro atoms. The topological polar surface area (TPSA) is 21.3 Å². The predicted octanol–water partition coefficient (Wildman–Crippen LogP) is 6.09. The third kappa shape index (κ3) is 4.77. The summed E-state index contributed by atoms with van der Waals surface area (Å²) in [5.41, 5.74) is 5.06. The van der Waals surface area contributed by atoms with E-state index in [-0.39, 0.29) is 6.10 Å². The first-order valence-electron chi connectivity index (χ1n) is 9.11. The number of hydrogen-bond acceptors (Lipinski definition) is 2. The van der Waals surface area contributed by atoms with Crippen LogP contribution in [0.3, 0.4) is 0 Å². The number of rotatable bonds is 8. The fourth-order valence-corrected chi connectivity index (χ4v) is 2.81. The van der Waals surface area contributed by atoms with Crippen LogP contribution in [0.1, 0.15) is 56.2 Å². The second-order valence-electron chi connectivity index (χ2n) is 6.69. The van der Waals surface area contributed by atoms with Gasteiger partial charge >= 0.3 is 0 Å². The highest BCUT2D eigenvalue weighted by atomic mass is 16.5. The van der Waals surface area contributed by atoms with Gasteiger partial charge in [0.2, 0.25) is 0 Å². The summed E-state index contributed by atoms with van der Waals surface area (Å²) in [6.45, 7) is 11.7. The molecule has 1 N–H and O–H groups in total. The van der Waals surface area contributed by atoms with E-state index in [9.17, 15) is 0 Å². The Morgan fingerprint density at radius 2 is 1.75 bits per heavy atom. The van der Waals surface area contributed by atoms with E-state index in [1.165, 1.54) is 22.4 Å². The Bertz CT molecular complexity index is 650. The van der Waals surface area contributed by atoms with Crippen molar-refractivity contribution in [3.63, 3.8) is 0 Å². The lowest BCUT2D eigenvalue weighted by atomic mass is 9.98. The Balaban J connectivity index is 2.06. The molecule has 2 atom stereocenters. The quantitative estimate of drug-likeness (QED) is 0.634. The summed E-state index contributed by atoms with van der Waals surface area (Å²) in [7, 11) is 0. The second kappa shape index (κ2) is 8.77. The smallest absolute Gasteiger partial charge is 0.123 e. The molecule has 0 aliphatic heterocycles. The van der Waals surface area contributed by atoms with Crippen LogP contribution in [0.5, 0.6) is 5.75 Å². The second-order valence-corrected chi connectivity index (χ2v) is 6.69. The third-order valence-electron chi connectivity index (χ3n) is 4.72. The van der Waals surface area contributed by atoms with Crippen molar-refractivity contribution in [2.45, 2.75) is 59.5 Å². The Kier molecular flexibility index (Phi) is 6.72. The van der Waals surface area contributed by atoms with Crippen molar-refractivity contribution < 1.29 is 4.74 Å². The van der Waals surface area contributed by atoms with Crippen LogP contribution in [0, 0.1) is 13.8 Å². The van der Waals surface area contributed by atoms with Crippen molar-refractivity contribution >= 4 is 5.69 Å². The van der Waals surface area contributed by atoms with Crippen molar-refractivity contribution in [1.82, 2.24) is 0 Å². The maximum Gasteiger partial charge on any atom is 0.123 e. The average Bonchev–Trinajstić information content (AvgIpc) is 2.60. The Morgan fingerprint density at radius 3 is 2.46 bits per heavy atom. The lowest BCUT2D eigenvalue weighted by Crippen LogP contribution is -2.26. The molecule has 0 unspecified atom stereocenters. The zero-order valence-corrected chi connectivity index (χ0v) is 15.7. The normalized spacial score (nSPS) is 13.4. The number of ether oxygens (including phenoxy) is 1. The highest BCUT2D eigenvalue weighted by molar-refractivity contribution is 5.52. The van der Waals surface area contributed by atoms with Crippen molar-refractivity contribution in [2.75, 3.05) is 11.9 Å². The largest absolute Gasteiger partial charge is 0.488 e. The molecule has 24 heavy (non-hydrogen) atoms. The third-order valence-corrected chi connectivity index (χ3v) is 4.72. The molecule has 0 fully saturated rings. The Labute approximate surface area is 147 Å². The van der Waals surface area contributed by atoms with Gasteiger partial charge in [0.15, 0.2) is 0 Å². The van der Waals surface area contributed by atoms with E-state index < -0.39 is 0 Å². The lowest BCUT2D eigenvalue weighted by Gasteiger charge is -2.23. The van der Waals surface area contributed by atoms with Crippen molar-refractivity contribution in [1.29, 1.82) is 0 Å². The summed E-state index contributed by atoms with van der Waals surface area (Å²) in [4.78, 5) is 0. The van der Waals surface area contributed by atoms with Crippen molar-refractivity contribution in [3.05, 3.63) is 59.2 Å². The fourth-order valence-electron chi connectivity index (χ4n) is 2.81. The van der Waals surface area contributed by atoms with Gasteiger partial charge in [-0.05, 0) is 61.4 Å². The molecule has 0 bridgehead atoms. The molecule has 0 saturated heterocycles. The summed E-state index contributed by atoms with van der Waals surface area (Å²) in [6.07, 6.45) is 2.26. The van der Waals surface area contributed by atoms with Crippen molar-refractivity contribution in [3.8, 4) is 5.75 Å². The molecule has 0 aromatic heterocycles. The van der Waals surface area contributed by atoms with Gasteiger partial charge in [0.25, 0.3) is 0 Å². The highest BCUT2D eigenvalue weighted by Crippen LogP contribution is 2.29. The number of aryl methyl sites for hydroxylation is 2. The predicted molar refractivity (Wildman–Crippen MR) is 104 cm³/mol. The van der Waals surface area contributed by atoms with E-state index in [2.05, 4.69) is 82.4 Å². The molecule has 0 aliphatic rings. The van der Waals surface area contributed by atoms with Gasteiger partial charge in [-0.3, -0.25) is 0 Å². The monoisotopic (exact) mass is 325 g/mol. The minimum Gasteiger partial charge on any atom is -0.488 e. The number of anilines is 1. The van der Waals surface area contributed by atoms with Gasteiger partial charge in [-0.2, -0.15) is 0 Å². The van der Waals surface area contributed by atoms with Crippen LogP contribution in [0.4, 0.5) is 5.69 Å². The van der Waals surface area contributed by atoms with Crippen LogP contribution in [0.25, 0.3) is 0 Å². The van der Waals surface area contributed by atoms with E-state index >= 15 is 0 Å². The van der Waals surface area contributed by atoms with Gasteiger partial charge in [-0.25, -0.2) is 0 Å². The summed E-state index contributed by atoms with van der Waals surface area (Å²) in [5.74, 6) is 1.55. The first-order valence-corrected chi connectivity index (χ1v) is 9.11. The van der Waals surface area contributed by atoms with Gasteiger partial charge < -0.3 is 10.1 Å². The standard InChI is InChI=1S/C22H31NO/c1-6-17(4)20-10-8-9-11-22(20)24-19(7-2)15-23-21-14-16(3)12-13-18(21)5/h8-14,17,19,23H,6-7,15H2,1-5H3/t17-,19-/m1/s1. The molecule has 0 radical (unpaired) electrons. The van der Waals surface area contributed by atoms with Gasteiger partial charge in [0, 0.05) is 5.69 Å². The number of benzene rings is 2. The molecular weight excluding hydrogens is 294 g/mol. The van der Waals surface area contributed by atoms with Crippen LogP contribution in [0.15, 0.2) is 42.5 Å². The summed E-state index contributed by atoms with van der Waals surface area (Å²) >= 11 is 0. The molecular formula is C22H31NO. The minimum atomic E-state index is 0.162. The molecule has 2 aromatic carbocycles. The number of nitrogens with one attached hydrogen (secondary N) is 1. The molecule has 0 aliphatic carbocycles. The summed E-state index contributed by atoms with van der Waals surface area (Å²) in [6, 6.07) is 15.0. The van der Waals surface area contributed by atoms with Crippen LogP contribution in [-0.4, -0.2) is 12.6 Å². The van der Waals surface area contributed by atoms with Gasteiger partial charge in [-0.1, -0.05) is 51.1 Å². The van der Waals surface area contributed by atoms with E-state index in [4.69, 9.17) is 4.74 Å². The minimum absolute atomic E-state index is 0.162. The SMILES string of the molecule is CC[C@H](CNc1cc(C)ccc1C)Oc1ccccc1[C@H](C)CC. The van der Waals surface area contributed by atoms with E-state index in [0.29, 0.717) is 5.92 Å². The summed E-state index contributed by atoms with van der Waals surface area (Å²) in [5, 5.41) is 3.56. The number of hydrogen-bond donors (Lipinski definition) is 1. The highest BCUT2D eigenvalue weighted by Gasteiger charge is 2.14. The average molecular weight is 325 g/mol. The lowest BCUT2D eigenvalue weighted by molar-refractivity contribution is 0.207. The zero-order valence-electron chi connectivity index (χ0n) is 15.7. The fraction of sp³-hybridized carbons (Fsp3) is 0.455. The van der Waals surface area contributed by atoms with E-state index in [1.807, 2.05) is 0 Å². The van der Waals surface area contributed by atoms with Crippen molar-refractivity contribution in [2.24, 2.45) is 0 Å². The Morgan fingerprint density at radius 1 is 1.00 bits per heavy atom. The molecule has 0 saturated carbocycles. The molecule has 0 heterocycles. The van der Waals surface area contributed by atoms with Gasteiger partial charge in [0.1, 0.15) is 11.9 Å². The molecule has 130 valence electrons. The summed E-state index contributed by atoms with van der Waals surface area (Å²) < 4.78 is 6.35. The maximum absolute atomic E-state index is 6.35. The molecule has 2 nitrogen and oxygen atoms in total. The van der Waals surface area contributed by atoms with Gasteiger partial charge in [0.05, 0.1) is 6.54 Å². The van der Waals surface area contributed by atoms with Crippen LogP contribution < -0.4 is 10.1 Å². The molecule has 2 aromatic rings. The maximum atomic E-state index is 6.35. The van der Waals surface area contributed by atoms with Crippen LogP contribution in [-0.2, 0) is 0 Å².